The molecule has 0 bridgehead atoms. The minimum Gasteiger partial charge on any atom is -0.389 e. The summed E-state index contributed by atoms with van der Waals surface area (Å²) in [5, 5.41) is 18.7. The smallest absolute Gasteiger partial charge is 0.253 e. The Morgan fingerprint density at radius 1 is 1.30 bits per heavy atom. The van der Waals surface area contributed by atoms with Crippen LogP contribution in [-0.4, -0.2) is 72.9 Å². The number of piperazine rings is 1. The number of nitriles is 1. The molecule has 0 spiro atoms. The molecule has 124 valence electrons. The monoisotopic (exact) mass is 317 g/mol. The van der Waals surface area contributed by atoms with Crippen molar-refractivity contribution in [3.05, 3.63) is 35.4 Å². The van der Waals surface area contributed by atoms with E-state index >= 15 is 0 Å². The van der Waals surface area contributed by atoms with Crippen LogP contribution >= 0.6 is 0 Å². The van der Waals surface area contributed by atoms with E-state index in [4.69, 9.17) is 10.00 Å². The van der Waals surface area contributed by atoms with Crippen molar-refractivity contribution >= 4 is 5.91 Å². The molecule has 0 aliphatic carbocycles. The summed E-state index contributed by atoms with van der Waals surface area (Å²) < 4.78 is 5.21. The molecule has 1 aliphatic heterocycles. The van der Waals surface area contributed by atoms with E-state index in [1.165, 1.54) is 0 Å². The molecule has 1 aromatic rings. The Labute approximate surface area is 136 Å². The third-order valence-corrected chi connectivity index (χ3v) is 3.90. The molecule has 1 aliphatic rings. The van der Waals surface area contributed by atoms with Crippen LogP contribution in [0, 0.1) is 11.3 Å². The van der Waals surface area contributed by atoms with Gasteiger partial charge in [0.25, 0.3) is 5.91 Å². The van der Waals surface area contributed by atoms with Crippen molar-refractivity contribution in [1.29, 1.82) is 5.26 Å². The van der Waals surface area contributed by atoms with E-state index in [-0.39, 0.29) is 5.91 Å². The summed E-state index contributed by atoms with van der Waals surface area (Å²) in [7, 11) is 0. The van der Waals surface area contributed by atoms with Gasteiger partial charge in [-0.25, -0.2) is 0 Å². The van der Waals surface area contributed by atoms with Crippen LogP contribution in [0.25, 0.3) is 0 Å². The van der Waals surface area contributed by atoms with Crippen LogP contribution in [0.3, 0.4) is 0 Å². The number of amides is 1. The van der Waals surface area contributed by atoms with E-state index < -0.39 is 6.10 Å². The van der Waals surface area contributed by atoms with Crippen LogP contribution in [0.15, 0.2) is 24.3 Å². The number of hydrogen-bond donors (Lipinski definition) is 1. The molecule has 1 N–H and O–H groups in total. The van der Waals surface area contributed by atoms with Gasteiger partial charge in [0.1, 0.15) is 0 Å². The predicted molar refractivity (Wildman–Crippen MR) is 86.0 cm³/mol. The van der Waals surface area contributed by atoms with Crippen molar-refractivity contribution < 1.29 is 14.6 Å². The molecular formula is C17H23N3O3. The predicted octanol–water partition coefficient (Wildman–Crippen LogP) is 0.713. The highest BCUT2D eigenvalue weighted by molar-refractivity contribution is 5.94. The normalized spacial score (nSPS) is 16.8. The van der Waals surface area contributed by atoms with E-state index in [0.29, 0.717) is 44.0 Å². The van der Waals surface area contributed by atoms with Crippen molar-refractivity contribution in [3.63, 3.8) is 0 Å². The van der Waals surface area contributed by atoms with Gasteiger partial charge in [-0.2, -0.15) is 5.26 Å². The molecular weight excluding hydrogens is 294 g/mol. The zero-order chi connectivity index (χ0) is 16.7. The molecule has 2 rings (SSSR count). The number of benzene rings is 1. The Bertz CT molecular complexity index is 545. The number of β-amino-alcohol motifs (C(OH)–C–C–N with tert-alkyl or cyclic N) is 1. The Hall–Kier alpha value is -1.94. The van der Waals surface area contributed by atoms with Crippen LogP contribution in [0.4, 0.5) is 0 Å². The van der Waals surface area contributed by atoms with E-state index in [9.17, 15) is 9.90 Å². The first-order valence-electron chi connectivity index (χ1n) is 7.91. The minimum absolute atomic E-state index is 0.0102. The van der Waals surface area contributed by atoms with E-state index in [0.717, 1.165) is 13.1 Å². The van der Waals surface area contributed by atoms with Crippen LogP contribution in [0.5, 0.6) is 0 Å². The summed E-state index contributed by atoms with van der Waals surface area (Å²) in [6.07, 6.45) is -0.490. The van der Waals surface area contributed by atoms with E-state index in [1.54, 1.807) is 24.3 Å². The van der Waals surface area contributed by atoms with Gasteiger partial charge in [-0.1, -0.05) is 0 Å². The Kier molecular flexibility index (Phi) is 6.53. The fraction of sp³-hybridized carbons (Fsp3) is 0.529. The van der Waals surface area contributed by atoms with E-state index in [1.807, 2.05) is 17.9 Å². The van der Waals surface area contributed by atoms with E-state index in [2.05, 4.69) is 4.90 Å². The Morgan fingerprint density at radius 3 is 2.52 bits per heavy atom. The van der Waals surface area contributed by atoms with Gasteiger partial charge in [0.05, 0.1) is 24.3 Å². The van der Waals surface area contributed by atoms with Crippen molar-refractivity contribution in [2.75, 3.05) is 45.9 Å². The third kappa shape index (κ3) is 5.03. The van der Waals surface area contributed by atoms with Gasteiger partial charge in [0.15, 0.2) is 0 Å². The SMILES string of the molecule is CCOC[C@H](O)CN1CCN(C(=O)c2ccc(C#N)cc2)CC1. The summed E-state index contributed by atoms with van der Waals surface area (Å²) in [6, 6.07) is 8.75. The number of aliphatic hydroxyl groups excluding tert-OH is 1. The molecule has 23 heavy (non-hydrogen) atoms. The molecule has 0 unspecified atom stereocenters. The van der Waals surface area contributed by atoms with Crippen LogP contribution in [0.1, 0.15) is 22.8 Å². The molecule has 0 aromatic heterocycles. The minimum atomic E-state index is -0.490. The first kappa shape index (κ1) is 17.4. The summed E-state index contributed by atoms with van der Waals surface area (Å²) in [4.78, 5) is 16.4. The number of carbonyl (C=O) groups is 1. The van der Waals surface area contributed by atoms with Crippen molar-refractivity contribution in [2.45, 2.75) is 13.0 Å². The molecule has 1 atom stereocenters. The lowest BCUT2D eigenvalue weighted by molar-refractivity contribution is 0.0111. The zero-order valence-electron chi connectivity index (χ0n) is 13.4. The summed E-state index contributed by atoms with van der Waals surface area (Å²) in [5.41, 5.74) is 1.16. The molecule has 1 fully saturated rings. The highest BCUT2D eigenvalue weighted by Gasteiger charge is 2.23. The fourth-order valence-electron chi connectivity index (χ4n) is 2.61. The quantitative estimate of drug-likeness (QED) is 0.836. The lowest BCUT2D eigenvalue weighted by atomic mass is 10.1. The first-order chi connectivity index (χ1) is 11.1. The maximum Gasteiger partial charge on any atom is 0.253 e. The average molecular weight is 317 g/mol. The fourth-order valence-corrected chi connectivity index (χ4v) is 2.61. The Morgan fingerprint density at radius 2 is 1.96 bits per heavy atom. The second kappa shape index (κ2) is 8.63. The molecule has 1 heterocycles. The van der Waals surface area contributed by atoms with Crippen LogP contribution < -0.4 is 0 Å². The summed E-state index contributed by atoms with van der Waals surface area (Å²) in [6.45, 7) is 6.18. The molecule has 1 saturated heterocycles. The van der Waals surface area contributed by atoms with Crippen LogP contribution in [-0.2, 0) is 4.74 Å². The first-order valence-corrected chi connectivity index (χ1v) is 7.91. The highest BCUT2D eigenvalue weighted by Crippen LogP contribution is 2.10. The van der Waals surface area contributed by atoms with Gasteiger partial charge in [-0.05, 0) is 31.2 Å². The second-order valence-corrected chi connectivity index (χ2v) is 5.60. The van der Waals surface area contributed by atoms with Gasteiger partial charge >= 0.3 is 0 Å². The van der Waals surface area contributed by atoms with Gasteiger partial charge in [0, 0.05) is 44.9 Å². The van der Waals surface area contributed by atoms with Gasteiger partial charge in [-0.15, -0.1) is 0 Å². The number of rotatable bonds is 6. The standard InChI is InChI=1S/C17H23N3O3/c1-2-23-13-16(21)12-19-7-9-20(10-8-19)17(22)15-5-3-14(11-18)4-6-15/h3-6,16,21H,2,7-10,12-13H2,1H3/t16-/m1/s1. The summed E-state index contributed by atoms with van der Waals surface area (Å²) >= 11 is 0. The third-order valence-electron chi connectivity index (χ3n) is 3.90. The molecule has 1 amide bonds. The highest BCUT2D eigenvalue weighted by atomic mass is 16.5. The average Bonchev–Trinajstić information content (AvgIpc) is 2.60. The molecule has 0 radical (unpaired) electrons. The van der Waals surface area contributed by atoms with Crippen molar-refractivity contribution in [2.24, 2.45) is 0 Å². The largest absolute Gasteiger partial charge is 0.389 e. The van der Waals surface area contributed by atoms with Crippen molar-refractivity contribution in [1.82, 2.24) is 9.80 Å². The van der Waals surface area contributed by atoms with Gasteiger partial charge in [0.2, 0.25) is 0 Å². The number of ether oxygens (including phenoxy) is 1. The van der Waals surface area contributed by atoms with Gasteiger partial charge < -0.3 is 14.7 Å². The number of nitrogens with zero attached hydrogens (tertiary/aromatic N) is 3. The molecule has 6 nitrogen and oxygen atoms in total. The number of aliphatic hydroxyl groups is 1. The second-order valence-electron chi connectivity index (χ2n) is 5.60. The maximum atomic E-state index is 12.4. The summed E-state index contributed by atoms with van der Waals surface area (Å²) in [5.74, 6) is -0.0102. The maximum absolute atomic E-state index is 12.4. The lowest BCUT2D eigenvalue weighted by Gasteiger charge is -2.35. The number of hydrogen-bond acceptors (Lipinski definition) is 5. The number of carbonyl (C=O) groups excluding carboxylic acids is 1. The van der Waals surface area contributed by atoms with Crippen molar-refractivity contribution in [3.8, 4) is 6.07 Å². The molecule has 0 saturated carbocycles. The van der Waals surface area contributed by atoms with Gasteiger partial charge in [-0.3, -0.25) is 9.69 Å². The lowest BCUT2D eigenvalue weighted by Crippen LogP contribution is -2.50. The molecule has 6 heteroatoms. The Balaban J connectivity index is 1.81. The molecule has 1 aromatic carbocycles. The zero-order valence-corrected chi connectivity index (χ0v) is 13.4. The topological polar surface area (TPSA) is 76.8 Å². The van der Waals surface area contributed by atoms with Crippen LogP contribution in [0.2, 0.25) is 0 Å².